The van der Waals surface area contributed by atoms with Crippen LogP contribution in [0.4, 0.5) is 0 Å². The topological polar surface area (TPSA) is 0 Å². The minimum atomic E-state index is 1.19. The lowest BCUT2D eigenvalue weighted by Gasteiger charge is -2.13. The molecule has 0 heterocycles. The van der Waals surface area contributed by atoms with E-state index in [-0.39, 0.29) is 0 Å². The largest absolute Gasteiger partial charge is 0.0616 e. The molecular weight excluding hydrogens is 865 g/mol. The number of hydrogen-bond donors (Lipinski definition) is 0. The highest BCUT2D eigenvalue weighted by atomic mass is 14.2. The van der Waals surface area contributed by atoms with E-state index in [4.69, 9.17) is 0 Å². The predicted molar refractivity (Wildman–Crippen MR) is 310 cm³/mol. The quantitative estimate of drug-likeness (QED) is 0.140. The van der Waals surface area contributed by atoms with Gasteiger partial charge in [-0.2, -0.15) is 0 Å². The maximum atomic E-state index is 2.38. The van der Waals surface area contributed by atoms with Gasteiger partial charge in [-0.25, -0.2) is 0 Å². The molecule has 72 heavy (non-hydrogen) atoms. The maximum Gasteiger partial charge on any atom is -0.00928 e. The van der Waals surface area contributed by atoms with E-state index in [0.717, 1.165) is 0 Å². The van der Waals surface area contributed by atoms with Gasteiger partial charge in [-0.3, -0.25) is 0 Å². The molecule has 0 unspecified atom stereocenters. The minimum absolute atomic E-state index is 1.19. The summed E-state index contributed by atoms with van der Waals surface area (Å²) >= 11 is 0. The van der Waals surface area contributed by atoms with E-state index in [1.165, 1.54) is 143 Å². The first kappa shape index (κ1) is 41.6. The number of benzene rings is 14. The summed E-state index contributed by atoms with van der Waals surface area (Å²) in [5.41, 5.74) is 16.8. The normalized spacial score (nSPS) is 11.6. The van der Waals surface area contributed by atoms with Crippen molar-refractivity contribution < 1.29 is 0 Å². The Kier molecular flexibility index (Phi) is 9.96. The zero-order chi connectivity index (χ0) is 47.5. The highest BCUT2D eigenvalue weighted by Gasteiger charge is 2.14. The number of rotatable bonds is 7. The average molecular weight is 911 g/mol. The van der Waals surface area contributed by atoms with Gasteiger partial charge in [0, 0.05) is 0 Å². The molecule has 0 nitrogen and oxygen atoms in total. The molecule has 0 saturated carbocycles. The van der Waals surface area contributed by atoms with Crippen molar-refractivity contribution in [3.8, 4) is 77.9 Å². The third-order valence-corrected chi connectivity index (χ3v) is 15.0. The van der Waals surface area contributed by atoms with Crippen LogP contribution >= 0.6 is 0 Å². The van der Waals surface area contributed by atoms with Crippen LogP contribution in [0.3, 0.4) is 0 Å². The van der Waals surface area contributed by atoms with Crippen LogP contribution in [0, 0.1) is 0 Å². The third-order valence-electron chi connectivity index (χ3n) is 15.0. The molecule has 0 aliphatic carbocycles. The zero-order valence-electron chi connectivity index (χ0n) is 39.6. The molecule has 0 fully saturated rings. The fourth-order valence-corrected chi connectivity index (χ4v) is 11.4. The highest BCUT2D eigenvalue weighted by molar-refractivity contribution is 6.27. The molecule has 0 bridgehead atoms. The van der Waals surface area contributed by atoms with Gasteiger partial charge in [0.25, 0.3) is 0 Å². The van der Waals surface area contributed by atoms with E-state index < -0.39 is 0 Å². The Balaban J connectivity index is 0.747. The van der Waals surface area contributed by atoms with Gasteiger partial charge in [0.15, 0.2) is 0 Å². The van der Waals surface area contributed by atoms with E-state index in [0.29, 0.717) is 0 Å². The Morgan fingerprint density at radius 1 is 0.0972 bits per heavy atom. The van der Waals surface area contributed by atoms with Crippen molar-refractivity contribution in [2.24, 2.45) is 0 Å². The molecule has 0 radical (unpaired) electrons. The lowest BCUT2D eigenvalue weighted by molar-refractivity contribution is 1.56. The maximum absolute atomic E-state index is 2.38. The van der Waals surface area contributed by atoms with Crippen LogP contribution in [0.5, 0.6) is 0 Å². The van der Waals surface area contributed by atoms with Crippen molar-refractivity contribution in [3.05, 3.63) is 279 Å². The molecule has 14 aromatic rings. The van der Waals surface area contributed by atoms with Gasteiger partial charge in [-0.05, 0) is 191 Å². The van der Waals surface area contributed by atoms with Gasteiger partial charge >= 0.3 is 0 Å². The fraction of sp³-hybridized carbons (Fsp3) is 0. The Labute approximate surface area is 419 Å². The standard InChI is InChI=1S/C72H46/c1-3-31-65-61(27-1)63-29-5-7-33-67(63)71-45-59(35-37-69(65)71)57-25-13-23-55(43-57)53-21-11-19-51(41-53)49-17-9-15-47(39-49)48-16-10-18-50(40-48)52-20-12-22-54(42-52)56-24-14-26-58(44-56)60-36-38-70-66-32-4-2-28-62(66)64-30-6-8-34-68(64)72(70)46-60/h1-46H. The van der Waals surface area contributed by atoms with Gasteiger partial charge in [0.2, 0.25) is 0 Å². The van der Waals surface area contributed by atoms with E-state index in [9.17, 15) is 0 Å². The van der Waals surface area contributed by atoms with Gasteiger partial charge in [-0.15, -0.1) is 0 Å². The highest BCUT2D eigenvalue weighted by Crippen LogP contribution is 2.41. The van der Waals surface area contributed by atoms with E-state index in [1.54, 1.807) is 0 Å². The smallest absolute Gasteiger partial charge is 0.00928 e. The van der Waals surface area contributed by atoms with Gasteiger partial charge < -0.3 is 0 Å². The molecule has 0 atom stereocenters. The van der Waals surface area contributed by atoms with Crippen molar-refractivity contribution in [2.45, 2.75) is 0 Å². The van der Waals surface area contributed by atoms with Crippen LogP contribution in [-0.2, 0) is 0 Å². The summed E-state index contributed by atoms with van der Waals surface area (Å²) in [5.74, 6) is 0. The minimum Gasteiger partial charge on any atom is -0.0616 e. The molecule has 14 aromatic carbocycles. The van der Waals surface area contributed by atoms with E-state index in [1.807, 2.05) is 0 Å². The van der Waals surface area contributed by atoms with Crippen LogP contribution in [0.2, 0.25) is 0 Å². The first-order chi connectivity index (χ1) is 35.7. The van der Waals surface area contributed by atoms with Gasteiger partial charge in [-0.1, -0.05) is 231 Å². The molecule has 0 aromatic heterocycles. The molecule has 0 amide bonds. The molecule has 14 rings (SSSR count). The number of fused-ring (bicyclic) bond motifs is 12. The van der Waals surface area contributed by atoms with E-state index >= 15 is 0 Å². The second-order valence-electron chi connectivity index (χ2n) is 19.2. The predicted octanol–water partition coefficient (Wildman–Crippen LogP) is 20.3. The average Bonchev–Trinajstić information content (AvgIpc) is 3.47. The van der Waals surface area contributed by atoms with Crippen LogP contribution < -0.4 is 0 Å². The summed E-state index contributed by atoms with van der Waals surface area (Å²) in [7, 11) is 0. The van der Waals surface area contributed by atoms with Crippen LogP contribution in [0.15, 0.2) is 279 Å². The Bertz CT molecular complexity index is 4100. The fourth-order valence-electron chi connectivity index (χ4n) is 11.4. The summed E-state index contributed by atoms with van der Waals surface area (Å²) in [6, 6.07) is 103. The summed E-state index contributed by atoms with van der Waals surface area (Å²) in [6.45, 7) is 0. The van der Waals surface area contributed by atoms with Gasteiger partial charge in [0.05, 0.1) is 0 Å². The SMILES string of the molecule is c1cc(-c2cccc(-c3cccc(-c4cccc(-c5ccc6c7ccccc7c7ccccc7c6c5)c4)c3)c2)cc(-c2cccc(-c3cccc(-c4ccc5c6ccccc6c6ccccc6c5c4)c3)c2)c1. The Morgan fingerprint density at radius 2 is 0.250 bits per heavy atom. The Hall–Kier alpha value is -9.36. The molecule has 0 heteroatoms. The molecule has 0 saturated heterocycles. The molecule has 0 spiro atoms. The monoisotopic (exact) mass is 910 g/mol. The van der Waals surface area contributed by atoms with Crippen LogP contribution in [0.25, 0.3) is 143 Å². The van der Waals surface area contributed by atoms with Crippen molar-refractivity contribution in [2.75, 3.05) is 0 Å². The Morgan fingerprint density at radius 3 is 0.444 bits per heavy atom. The van der Waals surface area contributed by atoms with E-state index in [2.05, 4.69) is 279 Å². The van der Waals surface area contributed by atoms with Crippen molar-refractivity contribution in [1.82, 2.24) is 0 Å². The van der Waals surface area contributed by atoms with Crippen LogP contribution in [-0.4, -0.2) is 0 Å². The van der Waals surface area contributed by atoms with Crippen molar-refractivity contribution in [1.29, 1.82) is 0 Å². The first-order valence-corrected chi connectivity index (χ1v) is 25.0. The molecule has 0 N–H and O–H groups in total. The summed E-state index contributed by atoms with van der Waals surface area (Å²) in [4.78, 5) is 0. The number of hydrogen-bond acceptors (Lipinski definition) is 0. The second kappa shape index (κ2) is 17.2. The lowest BCUT2D eigenvalue weighted by atomic mass is 9.91. The molecule has 0 aliphatic heterocycles. The first-order valence-electron chi connectivity index (χ1n) is 25.0. The molecular formula is C72H46. The molecule has 0 aliphatic rings. The van der Waals surface area contributed by atoms with Crippen molar-refractivity contribution >= 4 is 64.6 Å². The molecule has 334 valence electrons. The van der Waals surface area contributed by atoms with Crippen molar-refractivity contribution in [3.63, 3.8) is 0 Å². The van der Waals surface area contributed by atoms with Gasteiger partial charge in [0.1, 0.15) is 0 Å². The van der Waals surface area contributed by atoms with Crippen LogP contribution in [0.1, 0.15) is 0 Å². The summed E-state index contributed by atoms with van der Waals surface area (Å²) in [6.07, 6.45) is 0. The third kappa shape index (κ3) is 7.24. The summed E-state index contributed by atoms with van der Waals surface area (Å²) < 4.78 is 0. The lowest BCUT2D eigenvalue weighted by Crippen LogP contribution is -1.87. The zero-order valence-corrected chi connectivity index (χ0v) is 39.6. The summed E-state index contributed by atoms with van der Waals surface area (Å²) in [5, 5.41) is 15.5. The second-order valence-corrected chi connectivity index (χ2v) is 19.2.